The van der Waals surface area contributed by atoms with Gasteiger partial charge in [0.15, 0.2) is 0 Å². The Bertz CT molecular complexity index is 106. The summed E-state index contributed by atoms with van der Waals surface area (Å²) in [6, 6.07) is 0. The summed E-state index contributed by atoms with van der Waals surface area (Å²) >= 11 is 2.88. The van der Waals surface area contributed by atoms with E-state index in [9.17, 15) is 0 Å². The van der Waals surface area contributed by atoms with Crippen molar-refractivity contribution in [2.24, 2.45) is 0 Å². The summed E-state index contributed by atoms with van der Waals surface area (Å²) in [6.07, 6.45) is 8.07. The molecule has 0 spiro atoms. The normalized spacial score (nSPS) is 17.0. The topological polar surface area (TPSA) is 0 Å². The van der Waals surface area contributed by atoms with Crippen LogP contribution in [0.15, 0.2) is 24.3 Å². The van der Waals surface area contributed by atoms with Crippen LogP contribution in [-0.2, 0) is 0 Å². The maximum absolute atomic E-state index is 2.88. The summed E-state index contributed by atoms with van der Waals surface area (Å²) in [5, 5.41) is 0. The molecule has 0 fully saturated rings. The molecule has 1 aliphatic rings. The number of hydrogen-bond donors (Lipinski definition) is 0. The van der Waals surface area contributed by atoms with Crippen molar-refractivity contribution in [3.8, 4) is 0 Å². The Balaban J connectivity index is 2.86. The van der Waals surface area contributed by atoms with Crippen molar-refractivity contribution in [2.75, 3.05) is 0 Å². The average Bonchev–Trinajstić information content (AvgIpc) is 1.86. The van der Waals surface area contributed by atoms with Crippen LogP contribution in [0.3, 0.4) is 0 Å². The molecule has 0 nitrogen and oxygen atoms in total. The van der Waals surface area contributed by atoms with Gasteiger partial charge in [0, 0.05) is 0 Å². The molecule has 0 unspecified atom stereocenters. The van der Waals surface area contributed by atoms with E-state index >= 15 is 0 Å². The first-order valence-electron chi connectivity index (χ1n) is 1.78. The first-order valence-corrected chi connectivity index (χ1v) is 2.64. The van der Waals surface area contributed by atoms with Crippen molar-refractivity contribution in [2.45, 2.75) is 0 Å². The van der Waals surface area contributed by atoms with Crippen LogP contribution < -0.4 is 0 Å². The van der Waals surface area contributed by atoms with E-state index in [0.717, 1.165) is 0 Å². The molecule has 0 aromatic heterocycles. The molecule has 0 radical (unpaired) electrons. The molecule has 0 aliphatic heterocycles. The second-order valence-electron chi connectivity index (χ2n) is 1.12. The van der Waals surface area contributed by atoms with Gasteiger partial charge in [0.2, 0.25) is 0 Å². The summed E-state index contributed by atoms with van der Waals surface area (Å²) < 4.78 is 1.22. The molecule has 0 aromatic carbocycles. The van der Waals surface area contributed by atoms with Crippen LogP contribution in [0.2, 0.25) is 0 Å². The third kappa shape index (κ3) is 0.675. The van der Waals surface area contributed by atoms with Crippen molar-refractivity contribution < 1.29 is 0 Å². The zero-order valence-electron chi connectivity index (χ0n) is 3.22. The first-order chi connectivity index (χ1) is 2.89. The third-order valence-electron chi connectivity index (χ3n) is 0.632. The molecule has 6 heavy (non-hydrogen) atoms. The average molecular weight is 143 g/mol. The van der Waals surface area contributed by atoms with Gasteiger partial charge >= 0.3 is 44.3 Å². The predicted molar refractivity (Wildman–Crippen MR) is 29.0 cm³/mol. The van der Waals surface area contributed by atoms with Crippen LogP contribution in [0.4, 0.5) is 0 Å². The Labute approximate surface area is 44.9 Å². The molecule has 0 saturated carbocycles. The second-order valence-corrected chi connectivity index (χ2v) is 2.11. The Morgan fingerprint density at radius 1 is 1.17 bits per heavy atom. The summed E-state index contributed by atoms with van der Waals surface area (Å²) in [6.45, 7) is 0. The van der Waals surface area contributed by atoms with Gasteiger partial charge in [0.1, 0.15) is 0 Å². The molecule has 1 aliphatic carbocycles. The second kappa shape index (κ2) is 1.55. The maximum atomic E-state index is 2.88. The SMILES string of the molecule is [Se]=C1C=CC=C1. The monoisotopic (exact) mass is 144 g/mol. The molecular weight excluding hydrogens is 139 g/mol. The standard InChI is InChI=1S/C5H4Se/c6-5-3-1-2-4-5/h1-4H. The van der Waals surface area contributed by atoms with Crippen molar-refractivity contribution >= 4 is 20.0 Å². The first kappa shape index (κ1) is 4.04. The fourth-order valence-corrected chi connectivity index (χ4v) is 0.686. The van der Waals surface area contributed by atoms with Crippen molar-refractivity contribution in [1.29, 1.82) is 0 Å². The van der Waals surface area contributed by atoms with Gasteiger partial charge in [-0.25, -0.2) is 0 Å². The van der Waals surface area contributed by atoms with Gasteiger partial charge in [-0.2, -0.15) is 0 Å². The predicted octanol–water partition coefficient (Wildman–Crippen LogP) is 0.453. The van der Waals surface area contributed by atoms with Crippen LogP contribution in [-0.4, -0.2) is 20.0 Å². The van der Waals surface area contributed by atoms with Gasteiger partial charge in [-0.3, -0.25) is 0 Å². The fourth-order valence-electron chi connectivity index (χ4n) is 0.356. The molecule has 0 bridgehead atoms. The van der Waals surface area contributed by atoms with Gasteiger partial charge in [-0.1, -0.05) is 0 Å². The molecule has 0 N–H and O–H groups in total. The quantitative estimate of drug-likeness (QED) is 0.432. The Morgan fingerprint density at radius 3 is 1.83 bits per heavy atom. The molecular formula is C5H4Se. The minimum absolute atomic E-state index is 1.22. The number of hydrogen-bond acceptors (Lipinski definition) is 0. The van der Waals surface area contributed by atoms with E-state index in [2.05, 4.69) is 15.6 Å². The summed E-state index contributed by atoms with van der Waals surface area (Å²) in [5.74, 6) is 0. The van der Waals surface area contributed by atoms with Gasteiger partial charge in [0.25, 0.3) is 0 Å². The molecule has 0 heterocycles. The summed E-state index contributed by atoms with van der Waals surface area (Å²) in [7, 11) is 0. The van der Waals surface area contributed by atoms with Crippen LogP contribution in [0.1, 0.15) is 0 Å². The zero-order valence-corrected chi connectivity index (χ0v) is 4.93. The van der Waals surface area contributed by atoms with Crippen molar-refractivity contribution in [3.05, 3.63) is 24.3 Å². The minimum atomic E-state index is 1.22. The molecule has 0 saturated heterocycles. The Hall–Kier alpha value is -0.131. The molecule has 0 atom stereocenters. The van der Waals surface area contributed by atoms with E-state index in [1.807, 2.05) is 24.3 Å². The molecule has 0 aromatic rings. The number of rotatable bonds is 0. The van der Waals surface area contributed by atoms with E-state index in [0.29, 0.717) is 0 Å². The van der Waals surface area contributed by atoms with Gasteiger partial charge in [-0.15, -0.1) is 0 Å². The van der Waals surface area contributed by atoms with Crippen LogP contribution in [0.5, 0.6) is 0 Å². The zero-order chi connectivity index (χ0) is 4.41. The Morgan fingerprint density at radius 2 is 1.67 bits per heavy atom. The molecule has 1 rings (SSSR count). The van der Waals surface area contributed by atoms with Crippen LogP contribution in [0.25, 0.3) is 0 Å². The van der Waals surface area contributed by atoms with Gasteiger partial charge < -0.3 is 0 Å². The van der Waals surface area contributed by atoms with E-state index < -0.39 is 0 Å². The van der Waals surface area contributed by atoms with E-state index in [-0.39, 0.29) is 0 Å². The van der Waals surface area contributed by atoms with E-state index in [1.54, 1.807) is 0 Å². The molecule has 1 heteroatoms. The van der Waals surface area contributed by atoms with Crippen molar-refractivity contribution in [3.63, 3.8) is 0 Å². The van der Waals surface area contributed by atoms with E-state index in [4.69, 9.17) is 0 Å². The molecule has 0 amide bonds. The summed E-state index contributed by atoms with van der Waals surface area (Å²) in [4.78, 5) is 0. The Kier molecular flexibility index (Phi) is 1.04. The fraction of sp³-hybridized carbons (Fsp3) is 0. The van der Waals surface area contributed by atoms with Crippen LogP contribution >= 0.6 is 0 Å². The third-order valence-corrected chi connectivity index (χ3v) is 1.20. The van der Waals surface area contributed by atoms with Gasteiger partial charge in [0.05, 0.1) is 0 Å². The number of allylic oxidation sites excluding steroid dienone is 4. The molecule has 30 valence electrons. The summed E-state index contributed by atoms with van der Waals surface area (Å²) in [5.41, 5.74) is 0. The van der Waals surface area contributed by atoms with Crippen molar-refractivity contribution in [1.82, 2.24) is 0 Å². The van der Waals surface area contributed by atoms with Crippen LogP contribution in [0, 0.1) is 0 Å². The van der Waals surface area contributed by atoms with Gasteiger partial charge in [-0.05, 0) is 0 Å². The van der Waals surface area contributed by atoms with E-state index in [1.165, 1.54) is 4.42 Å².